The number of rotatable bonds is 6. The molecule has 0 unspecified atom stereocenters. The number of carbonyl (C=O) groups is 1. The van der Waals surface area contributed by atoms with Gasteiger partial charge in [0.15, 0.2) is 0 Å². The highest BCUT2D eigenvalue weighted by Crippen LogP contribution is 2.22. The van der Waals surface area contributed by atoms with E-state index >= 15 is 0 Å². The number of nitrogens with zero attached hydrogens (tertiary/aromatic N) is 1. The van der Waals surface area contributed by atoms with Crippen LogP contribution < -0.4 is 10.1 Å². The first-order chi connectivity index (χ1) is 11.3. The van der Waals surface area contributed by atoms with E-state index in [9.17, 15) is 4.79 Å². The Morgan fingerprint density at radius 1 is 0.957 bits per heavy atom. The third kappa shape index (κ3) is 4.83. The molecule has 1 aliphatic heterocycles. The number of para-hydroxylation sites is 1. The second kappa shape index (κ2) is 7.79. The number of ether oxygens (including phenoxy) is 1. The van der Waals surface area contributed by atoms with Crippen molar-refractivity contribution in [3.05, 3.63) is 54.6 Å². The first-order valence-electron chi connectivity index (χ1n) is 8.15. The molecule has 1 aliphatic rings. The maximum absolute atomic E-state index is 12.0. The van der Waals surface area contributed by atoms with Crippen LogP contribution in [0, 0.1) is 0 Å². The van der Waals surface area contributed by atoms with Crippen molar-refractivity contribution in [1.82, 2.24) is 4.90 Å². The summed E-state index contributed by atoms with van der Waals surface area (Å²) < 4.78 is 5.73. The quantitative estimate of drug-likeness (QED) is 0.879. The van der Waals surface area contributed by atoms with Crippen LogP contribution in [0.1, 0.15) is 19.3 Å². The Balaban J connectivity index is 1.47. The second-order valence-corrected chi connectivity index (χ2v) is 5.79. The predicted molar refractivity (Wildman–Crippen MR) is 91.9 cm³/mol. The zero-order chi connectivity index (χ0) is 15.9. The summed E-state index contributed by atoms with van der Waals surface area (Å²) in [5.41, 5.74) is 0.803. The van der Waals surface area contributed by atoms with Gasteiger partial charge in [-0.05, 0) is 62.3 Å². The summed E-state index contributed by atoms with van der Waals surface area (Å²) in [4.78, 5) is 14.3. The van der Waals surface area contributed by atoms with Gasteiger partial charge in [0.1, 0.15) is 11.5 Å². The van der Waals surface area contributed by atoms with Crippen LogP contribution in [0.2, 0.25) is 0 Å². The van der Waals surface area contributed by atoms with E-state index in [4.69, 9.17) is 4.74 Å². The van der Waals surface area contributed by atoms with Crippen LogP contribution in [0.4, 0.5) is 5.69 Å². The van der Waals surface area contributed by atoms with Crippen molar-refractivity contribution in [2.45, 2.75) is 19.3 Å². The van der Waals surface area contributed by atoms with Crippen LogP contribution in [0.5, 0.6) is 11.5 Å². The van der Waals surface area contributed by atoms with Gasteiger partial charge in [-0.15, -0.1) is 0 Å². The molecule has 0 spiro atoms. The Kier molecular flexibility index (Phi) is 5.27. The minimum absolute atomic E-state index is 0.0635. The first-order valence-corrected chi connectivity index (χ1v) is 8.15. The van der Waals surface area contributed by atoms with Gasteiger partial charge in [-0.2, -0.15) is 0 Å². The lowest BCUT2D eigenvalue weighted by molar-refractivity contribution is -0.116. The number of amides is 1. The molecule has 1 amide bonds. The van der Waals surface area contributed by atoms with E-state index in [0.717, 1.165) is 36.8 Å². The lowest BCUT2D eigenvalue weighted by Gasteiger charge is -2.14. The number of nitrogens with one attached hydrogen (secondary N) is 1. The molecule has 0 aliphatic carbocycles. The highest BCUT2D eigenvalue weighted by atomic mass is 16.5. The van der Waals surface area contributed by atoms with Crippen LogP contribution in [-0.4, -0.2) is 30.4 Å². The summed E-state index contributed by atoms with van der Waals surface area (Å²) in [6.07, 6.45) is 3.05. The van der Waals surface area contributed by atoms with E-state index in [1.165, 1.54) is 12.8 Å². The summed E-state index contributed by atoms with van der Waals surface area (Å²) in [6.45, 7) is 3.10. The molecule has 1 fully saturated rings. The Bertz CT molecular complexity index is 620. The number of likely N-dealkylation sites (tertiary alicyclic amines) is 1. The van der Waals surface area contributed by atoms with Crippen molar-refractivity contribution in [2.24, 2.45) is 0 Å². The maximum atomic E-state index is 12.0. The molecule has 4 heteroatoms. The van der Waals surface area contributed by atoms with Gasteiger partial charge in [0, 0.05) is 18.7 Å². The Labute approximate surface area is 137 Å². The number of hydrogen-bond donors (Lipinski definition) is 1. The SMILES string of the molecule is O=C(CCN1CCCC1)Nc1ccc(Oc2ccccc2)cc1. The Hall–Kier alpha value is -2.33. The summed E-state index contributed by atoms with van der Waals surface area (Å²) >= 11 is 0. The standard InChI is InChI=1S/C19H22N2O2/c22-19(12-15-21-13-4-5-14-21)20-16-8-10-18(11-9-16)23-17-6-2-1-3-7-17/h1-3,6-11H,4-5,12-15H2,(H,20,22). The lowest BCUT2D eigenvalue weighted by Crippen LogP contribution is -2.25. The molecule has 0 bridgehead atoms. The minimum atomic E-state index is 0.0635. The molecule has 0 atom stereocenters. The fourth-order valence-electron chi connectivity index (χ4n) is 2.72. The molecule has 2 aromatic carbocycles. The van der Waals surface area contributed by atoms with Gasteiger partial charge in [-0.3, -0.25) is 4.79 Å². The molecule has 3 rings (SSSR count). The first kappa shape index (κ1) is 15.6. The molecule has 23 heavy (non-hydrogen) atoms. The van der Waals surface area contributed by atoms with Gasteiger partial charge >= 0.3 is 0 Å². The Morgan fingerprint density at radius 3 is 2.30 bits per heavy atom. The van der Waals surface area contributed by atoms with Crippen LogP contribution >= 0.6 is 0 Å². The van der Waals surface area contributed by atoms with Crippen molar-refractivity contribution < 1.29 is 9.53 Å². The smallest absolute Gasteiger partial charge is 0.225 e. The third-order valence-electron chi connectivity index (χ3n) is 3.97. The zero-order valence-electron chi connectivity index (χ0n) is 13.2. The average molecular weight is 310 g/mol. The molecule has 0 radical (unpaired) electrons. The third-order valence-corrected chi connectivity index (χ3v) is 3.97. The van der Waals surface area contributed by atoms with Crippen molar-refractivity contribution in [3.8, 4) is 11.5 Å². The largest absolute Gasteiger partial charge is 0.457 e. The van der Waals surface area contributed by atoms with Gasteiger partial charge in [0.05, 0.1) is 0 Å². The highest BCUT2D eigenvalue weighted by Gasteiger charge is 2.12. The Morgan fingerprint density at radius 2 is 1.61 bits per heavy atom. The molecule has 120 valence electrons. The van der Waals surface area contributed by atoms with Crippen molar-refractivity contribution in [3.63, 3.8) is 0 Å². The molecule has 4 nitrogen and oxygen atoms in total. The predicted octanol–water partition coefficient (Wildman–Crippen LogP) is 3.90. The van der Waals surface area contributed by atoms with Crippen molar-refractivity contribution in [1.29, 1.82) is 0 Å². The van der Waals surface area contributed by atoms with Crippen molar-refractivity contribution >= 4 is 11.6 Å². The highest BCUT2D eigenvalue weighted by molar-refractivity contribution is 5.90. The van der Waals surface area contributed by atoms with Crippen LogP contribution in [0.15, 0.2) is 54.6 Å². The van der Waals surface area contributed by atoms with Gasteiger partial charge in [-0.1, -0.05) is 18.2 Å². The van der Waals surface area contributed by atoms with Crippen LogP contribution in [0.25, 0.3) is 0 Å². The fourth-order valence-corrected chi connectivity index (χ4v) is 2.72. The van der Waals surface area contributed by atoms with E-state index in [2.05, 4.69) is 10.2 Å². The monoisotopic (exact) mass is 310 g/mol. The van der Waals surface area contributed by atoms with E-state index in [1.54, 1.807) is 0 Å². The zero-order valence-corrected chi connectivity index (χ0v) is 13.2. The summed E-state index contributed by atoms with van der Waals surface area (Å²) in [5.74, 6) is 1.62. The number of anilines is 1. The van der Waals surface area contributed by atoms with E-state index in [-0.39, 0.29) is 5.91 Å². The molecule has 1 heterocycles. The van der Waals surface area contributed by atoms with Gasteiger partial charge in [0.25, 0.3) is 0 Å². The molecule has 2 aromatic rings. The summed E-state index contributed by atoms with van der Waals surface area (Å²) in [7, 11) is 0. The summed E-state index contributed by atoms with van der Waals surface area (Å²) in [5, 5.41) is 2.94. The average Bonchev–Trinajstić information content (AvgIpc) is 3.09. The number of carbonyl (C=O) groups excluding carboxylic acids is 1. The second-order valence-electron chi connectivity index (χ2n) is 5.79. The summed E-state index contributed by atoms with van der Waals surface area (Å²) in [6, 6.07) is 17.1. The topological polar surface area (TPSA) is 41.6 Å². The van der Waals surface area contributed by atoms with Crippen molar-refractivity contribution in [2.75, 3.05) is 25.0 Å². The molecular weight excluding hydrogens is 288 g/mol. The molecule has 1 saturated heterocycles. The number of benzene rings is 2. The molecule has 0 aromatic heterocycles. The van der Waals surface area contributed by atoms with Crippen LogP contribution in [0.3, 0.4) is 0 Å². The normalized spacial score (nSPS) is 14.6. The molecule has 0 saturated carbocycles. The fraction of sp³-hybridized carbons (Fsp3) is 0.316. The molecule has 1 N–H and O–H groups in total. The molecular formula is C19H22N2O2. The lowest BCUT2D eigenvalue weighted by atomic mass is 10.2. The maximum Gasteiger partial charge on any atom is 0.225 e. The number of hydrogen-bond acceptors (Lipinski definition) is 3. The van der Waals surface area contributed by atoms with Gasteiger partial charge < -0.3 is 15.0 Å². The van der Waals surface area contributed by atoms with Crippen LogP contribution in [-0.2, 0) is 4.79 Å². The van der Waals surface area contributed by atoms with Gasteiger partial charge in [-0.25, -0.2) is 0 Å². The van der Waals surface area contributed by atoms with E-state index < -0.39 is 0 Å². The minimum Gasteiger partial charge on any atom is -0.457 e. The van der Waals surface area contributed by atoms with E-state index in [1.807, 2.05) is 54.6 Å². The van der Waals surface area contributed by atoms with E-state index in [0.29, 0.717) is 6.42 Å². The van der Waals surface area contributed by atoms with Gasteiger partial charge in [0.2, 0.25) is 5.91 Å².